The molecule has 0 saturated heterocycles. The van der Waals surface area contributed by atoms with Crippen LogP contribution in [-0.2, 0) is 20.5 Å². The van der Waals surface area contributed by atoms with E-state index in [1.807, 2.05) is 5.32 Å². The second kappa shape index (κ2) is 8.92. The Balaban J connectivity index is 1.96. The maximum atomic E-state index is 13.4. The Labute approximate surface area is 162 Å². The highest BCUT2D eigenvalue weighted by Crippen LogP contribution is 2.36. The molecule has 10 heteroatoms. The van der Waals surface area contributed by atoms with Crippen LogP contribution in [0.4, 0.5) is 23.2 Å². The second-order valence-electron chi connectivity index (χ2n) is 5.53. The Morgan fingerprint density at radius 1 is 1.18 bits per heavy atom. The molecule has 1 unspecified atom stereocenters. The number of amides is 1. The van der Waals surface area contributed by atoms with Crippen LogP contribution in [0.5, 0.6) is 5.75 Å². The van der Waals surface area contributed by atoms with Crippen LogP contribution in [-0.4, -0.2) is 24.6 Å². The molecule has 5 nitrogen and oxygen atoms in total. The molecule has 0 bridgehead atoms. The average Bonchev–Trinajstić information content (AvgIpc) is 2.61. The van der Waals surface area contributed by atoms with Gasteiger partial charge in [0.05, 0.1) is 11.3 Å². The Hall–Kier alpha value is -2.81. The van der Waals surface area contributed by atoms with Crippen LogP contribution < -0.4 is 10.1 Å². The summed E-state index contributed by atoms with van der Waals surface area (Å²) < 4.78 is 62.2. The number of para-hydroxylation sites is 1. The third-order valence-electron chi connectivity index (χ3n) is 3.40. The molecular formula is C18H14ClF4NO4. The minimum Gasteiger partial charge on any atom is -0.479 e. The minimum atomic E-state index is -4.75. The number of rotatable bonds is 6. The molecule has 28 heavy (non-hydrogen) atoms. The normalized spacial score (nSPS) is 12.2. The summed E-state index contributed by atoms with van der Waals surface area (Å²) in [7, 11) is 0. The number of carbonyl (C=O) groups is 2. The quantitative estimate of drug-likeness (QED) is 0.555. The predicted molar refractivity (Wildman–Crippen MR) is 92.5 cm³/mol. The number of anilines is 1. The van der Waals surface area contributed by atoms with Crippen LogP contribution in [0.15, 0.2) is 42.5 Å². The molecule has 150 valence electrons. The number of benzene rings is 2. The summed E-state index contributed by atoms with van der Waals surface area (Å²) in [5, 5.41) is 1.88. The smallest absolute Gasteiger partial charge is 0.418 e. The standard InChI is InChI=1S/C18H14ClF4NO4/c1-10(28-16(25)9-27-15-5-3-2-4-13(15)20)17(26)24-14-7-6-11(19)8-12(14)18(21,22)23/h2-8,10H,9H2,1H3,(H,24,26). The van der Waals surface area contributed by atoms with Gasteiger partial charge in [0.25, 0.3) is 5.91 Å². The maximum absolute atomic E-state index is 13.4. The molecule has 1 amide bonds. The fourth-order valence-corrected chi connectivity index (χ4v) is 2.25. The number of nitrogens with one attached hydrogen (secondary N) is 1. The highest BCUT2D eigenvalue weighted by Gasteiger charge is 2.34. The van der Waals surface area contributed by atoms with Crippen molar-refractivity contribution in [3.63, 3.8) is 0 Å². The third-order valence-corrected chi connectivity index (χ3v) is 3.64. The van der Waals surface area contributed by atoms with E-state index in [2.05, 4.69) is 0 Å². The maximum Gasteiger partial charge on any atom is 0.418 e. The van der Waals surface area contributed by atoms with E-state index in [1.54, 1.807) is 0 Å². The second-order valence-corrected chi connectivity index (χ2v) is 5.96. The minimum absolute atomic E-state index is 0.157. The molecule has 0 fully saturated rings. The lowest BCUT2D eigenvalue weighted by Gasteiger charge is -2.17. The van der Waals surface area contributed by atoms with Crippen LogP contribution in [0.2, 0.25) is 5.02 Å². The summed E-state index contributed by atoms with van der Waals surface area (Å²) in [5.41, 5.74) is -1.68. The van der Waals surface area contributed by atoms with Gasteiger partial charge >= 0.3 is 12.1 Å². The highest BCUT2D eigenvalue weighted by molar-refractivity contribution is 6.30. The van der Waals surface area contributed by atoms with Gasteiger partial charge in [-0.3, -0.25) is 4.79 Å². The van der Waals surface area contributed by atoms with Gasteiger partial charge < -0.3 is 14.8 Å². The topological polar surface area (TPSA) is 64.6 Å². The fraction of sp³-hybridized carbons (Fsp3) is 0.222. The zero-order valence-electron chi connectivity index (χ0n) is 14.3. The van der Waals surface area contributed by atoms with E-state index in [1.165, 1.54) is 31.2 Å². The number of hydrogen-bond acceptors (Lipinski definition) is 4. The van der Waals surface area contributed by atoms with Crippen LogP contribution in [0.1, 0.15) is 12.5 Å². The number of alkyl halides is 3. The van der Waals surface area contributed by atoms with Gasteiger partial charge in [0.15, 0.2) is 24.3 Å². The Kier molecular flexibility index (Phi) is 6.85. The van der Waals surface area contributed by atoms with Gasteiger partial charge in [-0.1, -0.05) is 23.7 Å². The molecule has 0 aliphatic rings. The van der Waals surface area contributed by atoms with Gasteiger partial charge in [-0.15, -0.1) is 0 Å². The van der Waals surface area contributed by atoms with Gasteiger partial charge in [0, 0.05) is 5.02 Å². The number of halogens is 5. The van der Waals surface area contributed by atoms with Crippen molar-refractivity contribution in [2.24, 2.45) is 0 Å². The molecule has 2 aromatic carbocycles. The highest BCUT2D eigenvalue weighted by atomic mass is 35.5. The SMILES string of the molecule is CC(OC(=O)COc1ccccc1F)C(=O)Nc1ccc(Cl)cc1C(F)(F)F. The molecule has 0 aromatic heterocycles. The van der Waals surface area contributed by atoms with Crippen molar-refractivity contribution in [1.82, 2.24) is 0 Å². The van der Waals surface area contributed by atoms with Crippen molar-refractivity contribution in [3.8, 4) is 5.75 Å². The molecule has 0 aliphatic carbocycles. The molecule has 1 atom stereocenters. The largest absolute Gasteiger partial charge is 0.479 e. The lowest BCUT2D eigenvalue weighted by Crippen LogP contribution is -2.32. The molecular weight excluding hydrogens is 406 g/mol. The van der Waals surface area contributed by atoms with Gasteiger partial charge in [-0.2, -0.15) is 13.2 Å². The molecule has 2 rings (SSSR count). The summed E-state index contributed by atoms with van der Waals surface area (Å²) in [6, 6.07) is 8.16. The lowest BCUT2D eigenvalue weighted by atomic mass is 10.1. The molecule has 0 radical (unpaired) electrons. The van der Waals surface area contributed by atoms with Crippen molar-refractivity contribution in [2.75, 3.05) is 11.9 Å². The number of esters is 1. The van der Waals surface area contributed by atoms with E-state index < -0.39 is 47.8 Å². The van der Waals surface area contributed by atoms with E-state index in [9.17, 15) is 27.2 Å². The Bertz CT molecular complexity index is 873. The molecule has 0 aliphatic heterocycles. The van der Waals surface area contributed by atoms with E-state index in [4.69, 9.17) is 21.1 Å². The zero-order valence-corrected chi connectivity index (χ0v) is 15.1. The van der Waals surface area contributed by atoms with Crippen molar-refractivity contribution < 1.29 is 36.6 Å². The van der Waals surface area contributed by atoms with Crippen molar-refractivity contribution >= 4 is 29.2 Å². The van der Waals surface area contributed by atoms with Gasteiger partial charge in [0.1, 0.15) is 0 Å². The first-order chi connectivity index (χ1) is 13.1. The number of hydrogen-bond donors (Lipinski definition) is 1. The number of carbonyl (C=O) groups excluding carboxylic acids is 2. The third kappa shape index (κ3) is 5.85. The molecule has 0 saturated carbocycles. The average molecular weight is 420 g/mol. The van der Waals surface area contributed by atoms with Gasteiger partial charge in [0.2, 0.25) is 0 Å². The Morgan fingerprint density at radius 2 is 1.86 bits per heavy atom. The van der Waals surface area contributed by atoms with Crippen LogP contribution in [0.3, 0.4) is 0 Å². The van der Waals surface area contributed by atoms with Crippen molar-refractivity contribution in [3.05, 3.63) is 58.9 Å². The van der Waals surface area contributed by atoms with Crippen LogP contribution >= 0.6 is 11.6 Å². The van der Waals surface area contributed by atoms with Crippen LogP contribution in [0, 0.1) is 5.82 Å². The summed E-state index contributed by atoms with van der Waals surface area (Å²) in [6.07, 6.45) is -6.17. The molecule has 0 spiro atoms. The molecule has 1 N–H and O–H groups in total. The fourth-order valence-electron chi connectivity index (χ4n) is 2.08. The Morgan fingerprint density at radius 3 is 2.50 bits per heavy atom. The predicted octanol–water partition coefficient (Wildman–Crippen LogP) is 4.45. The monoisotopic (exact) mass is 419 g/mol. The lowest BCUT2D eigenvalue weighted by molar-refractivity contribution is -0.155. The molecule has 2 aromatic rings. The first-order valence-electron chi connectivity index (χ1n) is 7.82. The first-order valence-corrected chi connectivity index (χ1v) is 8.20. The van der Waals surface area contributed by atoms with E-state index in [-0.39, 0.29) is 10.8 Å². The van der Waals surface area contributed by atoms with E-state index in [0.717, 1.165) is 12.1 Å². The van der Waals surface area contributed by atoms with Gasteiger partial charge in [-0.05, 0) is 37.3 Å². The molecule has 0 heterocycles. The zero-order chi connectivity index (χ0) is 20.9. The summed E-state index contributed by atoms with van der Waals surface area (Å²) in [6.45, 7) is 0.479. The van der Waals surface area contributed by atoms with E-state index in [0.29, 0.717) is 6.07 Å². The van der Waals surface area contributed by atoms with Crippen molar-refractivity contribution in [1.29, 1.82) is 0 Å². The summed E-state index contributed by atoms with van der Waals surface area (Å²) in [4.78, 5) is 23.8. The summed E-state index contributed by atoms with van der Waals surface area (Å²) in [5.74, 6) is -2.87. The van der Waals surface area contributed by atoms with E-state index >= 15 is 0 Å². The van der Waals surface area contributed by atoms with Gasteiger partial charge in [-0.25, -0.2) is 9.18 Å². The number of ether oxygens (including phenoxy) is 2. The summed E-state index contributed by atoms with van der Waals surface area (Å²) >= 11 is 5.56. The first kappa shape index (κ1) is 21.5. The van der Waals surface area contributed by atoms with Crippen LogP contribution in [0.25, 0.3) is 0 Å². The van der Waals surface area contributed by atoms with Crippen molar-refractivity contribution in [2.45, 2.75) is 19.2 Å².